The lowest BCUT2D eigenvalue weighted by Gasteiger charge is -2.44. The summed E-state index contributed by atoms with van der Waals surface area (Å²) >= 11 is 0. The number of cyclic esters (lactones) is 1. The van der Waals surface area contributed by atoms with Gasteiger partial charge in [-0.1, -0.05) is 58.6 Å². The molecule has 0 aromatic heterocycles. The number of ether oxygens (including phenoxy) is 1. The van der Waals surface area contributed by atoms with E-state index in [0.717, 1.165) is 24.0 Å². The predicted molar refractivity (Wildman–Crippen MR) is 131 cm³/mol. The average Bonchev–Trinajstić information content (AvgIpc) is 3.25. The number of hydrogen-bond donors (Lipinski definition) is 2. The second-order valence-corrected chi connectivity index (χ2v) is 11.6. The van der Waals surface area contributed by atoms with Gasteiger partial charge in [-0.2, -0.15) is 0 Å². The molecule has 0 radical (unpaired) electrons. The molecule has 1 saturated heterocycles. The van der Waals surface area contributed by atoms with E-state index in [9.17, 15) is 15.0 Å². The molecule has 2 N–H and O–H groups in total. The molecule has 0 spiro atoms. The standard InChI is InChI=1S/C29H42O4/c1-16(14-26-17(2)18(3)28(32)33-26)23-11-12-24-21(8-7-13-29(23,24)6)9-10-22-15-25(30)20(5)27(31)19(22)4/h9-10,16-17,20,23-27,30-31H,3-4,7-8,11-15H2,1-2,5-6H3/t16-,17-,20+,23-,24+,25-,26-,27-,29-/m1/s1. The summed E-state index contributed by atoms with van der Waals surface area (Å²) in [7, 11) is 0. The Balaban J connectivity index is 1.49. The number of rotatable bonds is 4. The van der Waals surface area contributed by atoms with Crippen LogP contribution in [0.5, 0.6) is 0 Å². The molecule has 4 nitrogen and oxygen atoms in total. The minimum Gasteiger partial charge on any atom is -0.458 e. The van der Waals surface area contributed by atoms with Crippen molar-refractivity contribution in [1.29, 1.82) is 0 Å². The molecule has 182 valence electrons. The second kappa shape index (κ2) is 9.19. The van der Waals surface area contributed by atoms with E-state index in [4.69, 9.17) is 4.74 Å². The van der Waals surface area contributed by atoms with Gasteiger partial charge in [0.25, 0.3) is 0 Å². The SMILES string of the molecule is C=C1C(=O)O[C@H](C[C@@H](C)[C@H]2CC[C@H]3C(=CC=C4C[C@@H](O)[C@H](C)[C@H](O)C4=C)CCC[C@]23C)[C@@H]1C. The highest BCUT2D eigenvalue weighted by atomic mass is 16.6. The van der Waals surface area contributed by atoms with Crippen molar-refractivity contribution in [3.8, 4) is 0 Å². The predicted octanol–water partition coefficient (Wildman–Crippen LogP) is 5.52. The zero-order valence-corrected chi connectivity index (χ0v) is 20.8. The largest absolute Gasteiger partial charge is 0.458 e. The van der Waals surface area contributed by atoms with E-state index in [-0.39, 0.29) is 29.3 Å². The van der Waals surface area contributed by atoms with Crippen LogP contribution < -0.4 is 0 Å². The molecule has 0 unspecified atom stereocenters. The van der Waals surface area contributed by atoms with Gasteiger partial charge < -0.3 is 14.9 Å². The molecule has 0 amide bonds. The molecule has 3 saturated carbocycles. The van der Waals surface area contributed by atoms with Crippen molar-refractivity contribution in [1.82, 2.24) is 0 Å². The zero-order valence-electron chi connectivity index (χ0n) is 20.8. The number of hydrogen-bond acceptors (Lipinski definition) is 4. The summed E-state index contributed by atoms with van der Waals surface area (Å²) < 4.78 is 5.64. The van der Waals surface area contributed by atoms with Gasteiger partial charge >= 0.3 is 5.97 Å². The van der Waals surface area contributed by atoms with Crippen molar-refractivity contribution in [2.45, 2.75) is 91.0 Å². The molecule has 3 aliphatic carbocycles. The van der Waals surface area contributed by atoms with E-state index >= 15 is 0 Å². The van der Waals surface area contributed by atoms with Crippen molar-refractivity contribution in [3.63, 3.8) is 0 Å². The maximum atomic E-state index is 11.9. The van der Waals surface area contributed by atoms with Crippen molar-refractivity contribution in [2.75, 3.05) is 0 Å². The highest BCUT2D eigenvalue weighted by Crippen LogP contribution is 2.60. The fourth-order valence-corrected chi connectivity index (χ4v) is 7.37. The Labute approximate surface area is 199 Å². The number of carbonyl (C=O) groups excluding carboxylic acids is 1. The van der Waals surface area contributed by atoms with Crippen LogP contribution in [0.4, 0.5) is 0 Å². The molecule has 0 aromatic rings. The number of fused-ring (bicyclic) bond motifs is 1. The smallest absolute Gasteiger partial charge is 0.334 e. The zero-order chi connectivity index (χ0) is 24.1. The second-order valence-electron chi connectivity index (χ2n) is 11.6. The third-order valence-corrected chi connectivity index (χ3v) is 9.76. The fourth-order valence-electron chi connectivity index (χ4n) is 7.37. The molecule has 4 rings (SSSR count). The Kier molecular flexibility index (Phi) is 6.81. The maximum Gasteiger partial charge on any atom is 0.334 e. The number of esters is 1. The summed E-state index contributed by atoms with van der Waals surface area (Å²) in [5.41, 5.74) is 4.13. The van der Waals surface area contributed by atoms with Gasteiger partial charge in [-0.25, -0.2) is 4.79 Å². The summed E-state index contributed by atoms with van der Waals surface area (Å²) in [6.45, 7) is 16.8. The summed E-state index contributed by atoms with van der Waals surface area (Å²) in [6, 6.07) is 0. The van der Waals surface area contributed by atoms with E-state index in [1.165, 1.54) is 31.3 Å². The number of allylic oxidation sites excluding steroid dienone is 3. The van der Waals surface area contributed by atoms with E-state index in [1.807, 2.05) is 6.92 Å². The molecule has 4 aliphatic rings. The maximum absolute atomic E-state index is 11.9. The lowest BCUT2D eigenvalue weighted by atomic mass is 9.60. The van der Waals surface area contributed by atoms with Crippen LogP contribution >= 0.6 is 0 Å². The minimum absolute atomic E-state index is 0.0384. The summed E-state index contributed by atoms with van der Waals surface area (Å²) in [6.07, 6.45) is 10.6. The fraction of sp³-hybridized carbons (Fsp3) is 0.690. The Hall–Kier alpha value is -1.65. The molecule has 0 aromatic carbocycles. The lowest BCUT2D eigenvalue weighted by Crippen LogP contribution is -2.37. The molecule has 4 heteroatoms. The molecule has 1 heterocycles. The van der Waals surface area contributed by atoms with Crippen LogP contribution in [0.2, 0.25) is 0 Å². The normalized spacial score (nSPS) is 44.9. The van der Waals surface area contributed by atoms with Crippen LogP contribution in [-0.4, -0.2) is 34.5 Å². The quantitative estimate of drug-likeness (QED) is 0.434. The van der Waals surface area contributed by atoms with Gasteiger partial charge in [0.2, 0.25) is 0 Å². The van der Waals surface area contributed by atoms with Crippen LogP contribution in [0.25, 0.3) is 0 Å². The van der Waals surface area contributed by atoms with E-state index in [0.29, 0.717) is 29.7 Å². The first-order valence-electron chi connectivity index (χ1n) is 12.9. The Bertz CT molecular complexity index is 882. The highest BCUT2D eigenvalue weighted by molar-refractivity contribution is 5.90. The topological polar surface area (TPSA) is 66.8 Å². The van der Waals surface area contributed by atoms with Gasteiger partial charge in [0.1, 0.15) is 6.10 Å². The number of carbonyl (C=O) groups is 1. The Morgan fingerprint density at radius 2 is 1.91 bits per heavy atom. The van der Waals surface area contributed by atoms with Gasteiger partial charge in [-0.15, -0.1) is 0 Å². The first kappa shape index (κ1) is 24.5. The summed E-state index contributed by atoms with van der Waals surface area (Å²) in [5, 5.41) is 20.8. The van der Waals surface area contributed by atoms with Gasteiger partial charge in [0.15, 0.2) is 0 Å². The minimum atomic E-state index is -0.671. The van der Waals surface area contributed by atoms with Crippen LogP contribution in [-0.2, 0) is 9.53 Å². The van der Waals surface area contributed by atoms with Crippen LogP contribution in [0.3, 0.4) is 0 Å². The van der Waals surface area contributed by atoms with Crippen molar-refractivity contribution >= 4 is 5.97 Å². The van der Waals surface area contributed by atoms with Crippen molar-refractivity contribution in [2.24, 2.45) is 35.0 Å². The Morgan fingerprint density at radius 1 is 1.18 bits per heavy atom. The highest BCUT2D eigenvalue weighted by Gasteiger charge is 2.51. The molecular formula is C29H42O4. The lowest BCUT2D eigenvalue weighted by molar-refractivity contribution is -0.140. The molecule has 4 fully saturated rings. The summed E-state index contributed by atoms with van der Waals surface area (Å²) in [5.74, 6) is 1.40. The molecule has 33 heavy (non-hydrogen) atoms. The van der Waals surface area contributed by atoms with E-state index in [2.05, 4.69) is 46.1 Å². The third-order valence-electron chi connectivity index (χ3n) is 9.76. The van der Waals surface area contributed by atoms with E-state index in [1.54, 1.807) is 0 Å². The average molecular weight is 455 g/mol. The van der Waals surface area contributed by atoms with Crippen LogP contribution in [0, 0.1) is 35.0 Å². The summed E-state index contributed by atoms with van der Waals surface area (Å²) in [4.78, 5) is 11.9. The van der Waals surface area contributed by atoms with Crippen LogP contribution in [0.1, 0.15) is 72.6 Å². The van der Waals surface area contributed by atoms with Gasteiger partial charge in [-0.05, 0) is 79.3 Å². The number of aliphatic hydroxyl groups is 2. The van der Waals surface area contributed by atoms with Crippen LogP contribution in [0.15, 0.2) is 47.6 Å². The van der Waals surface area contributed by atoms with E-state index < -0.39 is 12.2 Å². The monoisotopic (exact) mass is 454 g/mol. The van der Waals surface area contributed by atoms with Gasteiger partial charge in [-0.3, -0.25) is 0 Å². The molecule has 1 aliphatic heterocycles. The Morgan fingerprint density at radius 3 is 2.58 bits per heavy atom. The molecule has 0 bridgehead atoms. The molecular weight excluding hydrogens is 412 g/mol. The van der Waals surface area contributed by atoms with Gasteiger partial charge in [0.05, 0.1) is 12.2 Å². The van der Waals surface area contributed by atoms with Crippen molar-refractivity contribution in [3.05, 3.63) is 47.6 Å². The third kappa shape index (κ3) is 4.30. The first-order valence-corrected chi connectivity index (χ1v) is 12.9. The number of aliphatic hydroxyl groups excluding tert-OH is 2. The van der Waals surface area contributed by atoms with Gasteiger partial charge in [0, 0.05) is 17.4 Å². The van der Waals surface area contributed by atoms with Crippen molar-refractivity contribution < 1.29 is 19.7 Å². The molecule has 9 atom stereocenters. The first-order chi connectivity index (χ1) is 15.5.